The predicted molar refractivity (Wildman–Crippen MR) is 128 cm³/mol. The van der Waals surface area contributed by atoms with Crippen molar-refractivity contribution in [3.8, 4) is 10.4 Å². The van der Waals surface area contributed by atoms with E-state index >= 15 is 0 Å². The van der Waals surface area contributed by atoms with Crippen LogP contribution in [0.1, 0.15) is 47.3 Å². The lowest BCUT2D eigenvalue weighted by Gasteiger charge is -2.34. The maximum atomic E-state index is 13.7. The minimum absolute atomic E-state index is 0.0238. The number of aromatic nitrogens is 2. The molecule has 4 atom stereocenters. The van der Waals surface area contributed by atoms with Crippen LogP contribution in [0.4, 0.5) is 0 Å². The highest BCUT2D eigenvalue weighted by atomic mass is 35.5. The van der Waals surface area contributed by atoms with Crippen molar-refractivity contribution < 1.29 is 19.1 Å². The molecular formula is C24H27ClN4O4S. The van der Waals surface area contributed by atoms with Gasteiger partial charge in [-0.2, -0.15) is 10.2 Å². The number of nitrogens with zero attached hydrogens (tertiary/aromatic N) is 3. The maximum Gasteiger partial charge on any atom is 0.262 e. The van der Waals surface area contributed by atoms with Crippen LogP contribution in [0.3, 0.4) is 0 Å². The molecule has 0 aromatic carbocycles. The molecule has 2 aliphatic heterocycles. The van der Waals surface area contributed by atoms with Crippen molar-refractivity contribution in [3.63, 3.8) is 0 Å². The second-order valence-corrected chi connectivity index (χ2v) is 10.9. The van der Waals surface area contributed by atoms with Gasteiger partial charge in [0.05, 0.1) is 22.6 Å². The molecule has 0 spiro atoms. The van der Waals surface area contributed by atoms with Crippen LogP contribution in [0.25, 0.3) is 10.4 Å². The molecule has 2 amide bonds. The summed E-state index contributed by atoms with van der Waals surface area (Å²) in [5.41, 5.74) is 1.90. The monoisotopic (exact) mass is 502 g/mol. The highest BCUT2D eigenvalue weighted by molar-refractivity contribution is 7.17. The van der Waals surface area contributed by atoms with E-state index in [1.165, 1.54) is 11.3 Å². The number of carbonyl (C=O) groups is 3. The molecule has 10 heteroatoms. The number of alkyl halides is 1. The summed E-state index contributed by atoms with van der Waals surface area (Å²) in [6, 6.07) is 2.30. The van der Waals surface area contributed by atoms with Crippen molar-refractivity contribution in [2.75, 3.05) is 13.2 Å². The molecule has 5 rings (SSSR count). The lowest BCUT2D eigenvalue weighted by Crippen LogP contribution is -2.55. The zero-order chi connectivity index (χ0) is 23.8. The van der Waals surface area contributed by atoms with Crippen LogP contribution in [0.5, 0.6) is 0 Å². The second-order valence-electron chi connectivity index (χ2n) is 9.29. The molecule has 3 aliphatic rings. The van der Waals surface area contributed by atoms with Crippen molar-refractivity contribution in [1.29, 1.82) is 0 Å². The lowest BCUT2D eigenvalue weighted by atomic mass is 9.83. The summed E-state index contributed by atoms with van der Waals surface area (Å²) in [5, 5.41) is 10.4. The van der Waals surface area contributed by atoms with Crippen LogP contribution < -0.4 is 5.32 Å². The van der Waals surface area contributed by atoms with Gasteiger partial charge in [-0.15, -0.1) is 22.9 Å². The van der Waals surface area contributed by atoms with Crippen molar-refractivity contribution in [3.05, 3.63) is 35.0 Å². The van der Waals surface area contributed by atoms with Crippen LogP contribution in [0.2, 0.25) is 0 Å². The summed E-state index contributed by atoms with van der Waals surface area (Å²) in [4.78, 5) is 42.5. The number of thiophene rings is 1. The smallest absolute Gasteiger partial charge is 0.262 e. The van der Waals surface area contributed by atoms with Crippen LogP contribution in [-0.4, -0.2) is 69.4 Å². The number of rotatable bonds is 5. The minimum Gasteiger partial charge on any atom is -0.366 e. The first-order valence-electron chi connectivity index (χ1n) is 11.7. The van der Waals surface area contributed by atoms with Gasteiger partial charge in [-0.1, -0.05) is 19.3 Å². The Bertz CT molecular complexity index is 1100. The number of halogens is 1. The number of aryl methyl sites for hydroxylation is 1. The topological polar surface area (TPSA) is 101 Å². The lowest BCUT2D eigenvalue weighted by molar-refractivity contribution is -0.139. The fourth-order valence-corrected chi connectivity index (χ4v) is 6.65. The summed E-state index contributed by atoms with van der Waals surface area (Å²) in [5.74, 6) is -0.615. The maximum absolute atomic E-state index is 13.7. The molecule has 1 N–H and O–H groups in total. The van der Waals surface area contributed by atoms with Crippen molar-refractivity contribution in [1.82, 2.24) is 20.4 Å². The summed E-state index contributed by atoms with van der Waals surface area (Å²) in [6.07, 6.45) is 7.80. The number of ketones is 1. The fraction of sp³-hybridized carbons (Fsp3) is 0.542. The van der Waals surface area contributed by atoms with Gasteiger partial charge in [0.2, 0.25) is 5.91 Å². The zero-order valence-corrected chi connectivity index (χ0v) is 20.5. The van der Waals surface area contributed by atoms with E-state index < -0.39 is 23.6 Å². The van der Waals surface area contributed by atoms with Crippen LogP contribution >= 0.6 is 22.9 Å². The average Bonchev–Trinajstić information content (AvgIpc) is 3.56. The zero-order valence-electron chi connectivity index (χ0n) is 18.9. The Balaban J connectivity index is 1.38. The Morgan fingerprint density at radius 3 is 2.74 bits per heavy atom. The minimum atomic E-state index is -0.696. The van der Waals surface area contributed by atoms with Gasteiger partial charge in [-0.3, -0.25) is 14.4 Å². The number of carbonyl (C=O) groups excluding carboxylic acids is 3. The van der Waals surface area contributed by atoms with E-state index in [-0.39, 0.29) is 36.7 Å². The third-order valence-electron chi connectivity index (χ3n) is 7.10. The number of Topliss-reactive ketones (excluding diaryl/α,β-unsaturated/α-hetero) is 1. The predicted octanol–water partition coefficient (Wildman–Crippen LogP) is 2.98. The van der Waals surface area contributed by atoms with Gasteiger partial charge in [0.1, 0.15) is 24.8 Å². The quantitative estimate of drug-likeness (QED) is 0.631. The Labute approximate surface area is 207 Å². The number of amides is 2. The molecule has 0 radical (unpaired) electrons. The Hall–Kier alpha value is -2.36. The number of hydrogen-bond donors (Lipinski definition) is 1. The summed E-state index contributed by atoms with van der Waals surface area (Å²) in [7, 11) is 0. The Kier molecular flexibility index (Phi) is 6.68. The molecule has 2 aromatic heterocycles. The molecule has 2 saturated heterocycles. The largest absolute Gasteiger partial charge is 0.366 e. The van der Waals surface area contributed by atoms with Gasteiger partial charge in [-0.05, 0) is 43.4 Å². The van der Waals surface area contributed by atoms with Crippen molar-refractivity contribution in [2.24, 2.45) is 5.92 Å². The van der Waals surface area contributed by atoms with Gasteiger partial charge in [-0.25, -0.2) is 0 Å². The van der Waals surface area contributed by atoms with E-state index in [0.29, 0.717) is 4.88 Å². The third kappa shape index (κ3) is 4.36. The van der Waals surface area contributed by atoms with Gasteiger partial charge in [0.15, 0.2) is 5.78 Å². The van der Waals surface area contributed by atoms with Crippen molar-refractivity contribution in [2.45, 2.75) is 62.6 Å². The molecule has 1 aliphatic carbocycles. The molecule has 2 aromatic rings. The van der Waals surface area contributed by atoms with Crippen LogP contribution in [0.15, 0.2) is 24.5 Å². The third-order valence-corrected chi connectivity index (χ3v) is 8.61. The summed E-state index contributed by atoms with van der Waals surface area (Å²) >= 11 is 7.77. The molecule has 4 heterocycles. The van der Waals surface area contributed by atoms with Crippen LogP contribution in [0, 0.1) is 12.8 Å². The first-order valence-corrected chi connectivity index (χ1v) is 13.0. The SMILES string of the molecule is Cc1cnncc1-c1ccc(C(=O)N[C@H](C(=O)N2C[C@H](Cl)[C@H]3OCC(=O)[C@H]32)C2CCCCC2)s1. The van der Waals surface area contributed by atoms with Crippen LogP contribution in [-0.2, 0) is 14.3 Å². The van der Waals surface area contributed by atoms with Gasteiger partial charge >= 0.3 is 0 Å². The first-order chi connectivity index (χ1) is 16.4. The number of nitrogens with one attached hydrogen (secondary N) is 1. The van der Waals surface area contributed by atoms with E-state index in [4.69, 9.17) is 16.3 Å². The van der Waals surface area contributed by atoms with E-state index in [2.05, 4.69) is 15.5 Å². The number of ether oxygens (including phenoxy) is 1. The molecule has 34 heavy (non-hydrogen) atoms. The van der Waals surface area contributed by atoms with E-state index in [1.807, 2.05) is 13.0 Å². The molecule has 0 unspecified atom stereocenters. The van der Waals surface area contributed by atoms with Gasteiger partial charge in [0, 0.05) is 17.0 Å². The normalized spacial score (nSPS) is 25.9. The Morgan fingerprint density at radius 1 is 1.21 bits per heavy atom. The Morgan fingerprint density at radius 2 is 1.97 bits per heavy atom. The van der Waals surface area contributed by atoms with E-state index in [1.54, 1.807) is 23.4 Å². The van der Waals surface area contributed by atoms with E-state index in [9.17, 15) is 14.4 Å². The van der Waals surface area contributed by atoms with Gasteiger partial charge in [0.25, 0.3) is 5.91 Å². The fourth-order valence-electron chi connectivity index (χ4n) is 5.31. The molecule has 0 bridgehead atoms. The standard InChI is InChI=1S/C24H27ClN4O4S/c1-13-9-26-27-10-15(13)18-7-8-19(34-18)23(31)28-20(14-5-3-2-4-6-14)24(32)29-11-16(25)22-21(29)17(30)12-33-22/h7-10,14,16,20-22H,2-6,11-12H2,1H3,(H,28,31)/t16-,20-,21+,22+/m0/s1. The first kappa shape index (κ1) is 23.4. The number of likely N-dealkylation sites (tertiary alicyclic amines) is 1. The number of fused-ring (bicyclic) bond motifs is 1. The molecule has 8 nitrogen and oxygen atoms in total. The highest BCUT2D eigenvalue weighted by Crippen LogP contribution is 2.34. The molecular weight excluding hydrogens is 476 g/mol. The molecule has 180 valence electrons. The van der Waals surface area contributed by atoms with E-state index in [0.717, 1.165) is 48.1 Å². The summed E-state index contributed by atoms with van der Waals surface area (Å²) < 4.78 is 5.54. The average molecular weight is 503 g/mol. The molecule has 1 saturated carbocycles. The highest BCUT2D eigenvalue weighted by Gasteiger charge is 2.53. The number of hydrogen-bond acceptors (Lipinski definition) is 7. The van der Waals surface area contributed by atoms with Crippen molar-refractivity contribution >= 4 is 40.5 Å². The second kappa shape index (κ2) is 9.71. The molecule has 3 fully saturated rings. The summed E-state index contributed by atoms with van der Waals surface area (Å²) in [6.45, 7) is 2.17. The van der Waals surface area contributed by atoms with Gasteiger partial charge < -0.3 is 15.0 Å².